The van der Waals surface area contributed by atoms with Crippen molar-refractivity contribution < 1.29 is 5.11 Å². The molecule has 0 heterocycles. The molecule has 0 saturated heterocycles. The average Bonchev–Trinajstić information content (AvgIpc) is 3.03. The van der Waals surface area contributed by atoms with Crippen molar-refractivity contribution in [1.29, 1.82) is 0 Å². The summed E-state index contributed by atoms with van der Waals surface area (Å²) in [6.45, 7) is 4.43. The molecule has 21 heavy (non-hydrogen) atoms. The molecule has 2 unspecified atom stereocenters. The Morgan fingerprint density at radius 1 is 1.24 bits per heavy atom. The van der Waals surface area contributed by atoms with Gasteiger partial charge in [0.1, 0.15) is 0 Å². The van der Waals surface area contributed by atoms with Crippen LogP contribution in [0.1, 0.15) is 44.2 Å². The number of rotatable bonds is 8. The predicted octanol–water partition coefficient (Wildman–Crippen LogP) is 2.82. The first-order valence-corrected chi connectivity index (χ1v) is 8.33. The van der Waals surface area contributed by atoms with E-state index in [0.717, 1.165) is 13.1 Å². The predicted molar refractivity (Wildman–Crippen MR) is 88.3 cm³/mol. The molecule has 2 N–H and O–H groups in total. The fourth-order valence-corrected chi connectivity index (χ4v) is 3.74. The van der Waals surface area contributed by atoms with E-state index in [1.54, 1.807) is 0 Å². The molecular weight excluding hydrogens is 260 g/mol. The van der Waals surface area contributed by atoms with Gasteiger partial charge in [0.05, 0.1) is 6.61 Å². The summed E-state index contributed by atoms with van der Waals surface area (Å²) in [5, 5.41) is 12.8. The molecule has 1 aliphatic carbocycles. The minimum absolute atomic E-state index is 0.263. The number of benzene rings is 1. The maximum atomic E-state index is 9.37. The van der Waals surface area contributed by atoms with E-state index in [4.69, 9.17) is 0 Å². The van der Waals surface area contributed by atoms with Gasteiger partial charge in [0, 0.05) is 25.2 Å². The highest BCUT2D eigenvalue weighted by Crippen LogP contribution is 2.27. The van der Waals surface area contributed by atoms with Crippen molar-refractivity contribution in [3.63, 3.8) is 0 Å². The number of nitrogens with zero attached hydrogens (tertiary/aromatic N) is 1. The number of hydrogen-bond acceptors (Lipinski definition) is 3. The van der Waals surface area contributed by atoms with Crippen molar-refractivity contribution in [1.82, 2.24) is 10.2 Å². The summed E-state index contributed by atoms with van der Waals surface area (Å²) < 4.78 is 0. The summed E-state index contributed by atoms with van der Waals surface area (Å²) in [4.78, 5) is 2.50. The molecule has 0 amide bonds. The lowest BCUT2D eigenvalue weighted by Gasteiger charge is -2.34. The third-order valence-corrected chi connectivity index (χ3v) is 4.79. The van der Waals surface area contributed by atoms with Gasteiger partial charge in [-0.2, -0.15) is 0 Å². The highest BCUT2D eigenvalue weighted by Gasteiger charge is 2.26. The Morgan fingerprint density at radius 2 is 1.90 bits per heavy atom. The molecule has 1 fully saturated rings. The van der Waals surface area contributed by atoms with Crippen molar-refractivity contribution in [2.75, 3.05) is 26.7 Å². The van der Waals surface area contributed by atoms with E-state index in [0.29, 0.717) is 18.0 Å². The Balaban J connectivity index is 2.00. The average molecular weight is 290 g/mol. The van der Waals surface area contributed by atoms with Crippen LogP contribution in [0.4, 0.5) is 0 Å². The topological polar surface area (TPSA) is 35.5 Å². The van der Waals surface area contributed by atoms with Crippen LogP contribution in [0, 0.1) is 5.92 Å². The van der Waals surface area contributed by atoms with Gasteiger partial charge in [-0.3, -0.25) is 4.90 Å². The van der Waals surface area contributed by atoms with Crippen molar-refractivity contribution >= 4 is 0 Å². The molecule has 0 aliphatic heterocycles. The molecule has 3 heteroatoms. The lowest BCUT2D eigenvalue weighted by Crippen LogP contribution is -2.41. The standard InChI is InChI=1S/C18H30N2O/c1-15(18(19-2)16-8-4-3-5-9-16)14-20(12-13-21)17-10-6-7-11-17/h3-5,8-9,15,17-19,21H,6-7,10-14H2,1-2H3. The lowest BCUT2D eigenvalue weighted by molar-refractivity contribution is 0.125. The summed E-state index contributed by atoms with van der Waals surface area (Å²) in [5.74, 6) is 0.518. The zero-order valence-corrected chi connectivity index (χ0v) is 13.5. The molecule has 2 rings (SSSR count). The molecule has 2 atom stereocenters. The van der Waals surface area contributed by atoms with E-state index >= 15 is 0 Å². The van der Waals surface area contributed by atoms with Crippen molar-refractivity contribution in [2.24, 2.45) is 5.92 Å². The first-order chi connectivity index (χ1) is 10.3. The Bertz CT molecular complexity index is 389. The Hall–Kier alpha value is -0.900. The highest BCUT2D eigenvalue weighted by atomic mass is 16.3. The Labute approximate surface area is 129 Å². The van der Waals surface area contributed by atoms with Crippen LogP contribution in [-0.4, -0.2) is 42.8 Å². The molecule has 0 spiro atoms. The van der Waals surface area contributed by atoms with Crippen LogP contribution >= 0.6 is 0 Å². The second-order valence-electron chi connectivity index (χ2n) is 6.31. The summed E-state index contributed by atoms with van der Waals surface area (Å²) in [6, 6.07) is 11.7. The summed E-state index contributed by atoms with van der Waals surface area (Å²) in [6.07, 6.45) is 5.27. The van der Waals surface area contributed by atoms with E-state index in [9.17, 15) is 5.11 Å². The minimum Gasteiger partial charge on any atom is -0.395 e. The quantitative estimate of drug-likeness (QED) is 0.773. The van der Waals surface area contributed by atoms with Gasteiger partial charge in [-0.05, 0) is 31.4 Å². The summed E-state index contributed by atoms with van der Waals surface area (Å²) >= 11 is 0. The highest BCUT2D eigenvalue weighted by molar-refractivity contribution is 5.19. The van der Waals surface area contributed by atoms with E-state index in [-0.39, 0.29) is 6.61 Å². The van der Waals surface area contributed by atoms with Gasteiger partial charge in [-0.1, -0.05) is 50.1 Å². The fourth-order valence-electron chi connectivity index (χ4n) is 3.74. The van der Waals surface area contributed by atoms with Crippen LogP contribution in [0.15, 0.2) is 30.3 Å². The normalized spacial score (nSPS) is 19.0. The van der Waals surface area contributed by atoms with Gasteiger partial charge in [0.2, 0.25) is 0 Å². The Morgan fingerprint density at radius 3 is 2.48 bits per heavy atom. The summed E-state index contributed by atoms with van der Waals surface area (Å²) in [7, 11) is 2.04. The van der Waals surface area contributed by atoms with Crippen molar-refractivity contribution in [2.45, 2.75) is 44.7 Å². The smallest absolute Gasteiger partial charge is 0.0558 e. The molecule has 1 aromatic rings. The maximum Gasteiger partial charge on any atom is 0.0558 e. The van der Waals surface area contributed by atoms with Gasteiger partial charge in [-0.15, -0.1) is 0 Å². The van der Waals surface area contributed by atoms with Gasteiger partial charge in [0.25, 0.3) is 0 Å². The van der Waals surface area contributed by atoms with Gasteiger partial charge >= 0.3 is 0 Å². The van der Waals surface area contributed by atoms with Crippen LogP contribution in [-0.2, 0) is 0 Å². The maximum absolute atomic E-state index is 9.37. The number of hydrogen-bond donors (Lipinski definition) is 2. The molecule has 3 nitrogen and oxygen atoms in total. The van der Waals surface area contributed by atoms with E-state index < -0.39 is 0 Å². The summed E-state index contributed by atoms with van der Waals surface area (Å²) in [5.41, 5.74) is 1.35. The molecule has 1 saturated carbocycles. The first kappa shape index (κ1) is 16.5. The first-order valence-electron chi connectivity index (χ1n) is 8.33. The molecule has 118 valence electrons. The van der Waals surface area contributed by atoms with Gasteiger partial charge < -0.3 is 10.4 Å². The van der Waals surface area contributed by atoms with Crippen LogP contribution in [0.5, 0.6) is 0 Å². The molecule has 1 aliphatic rings. The monoisotopic (exact) mass is 290 g/mol. The number of nitrogens with one attached hydrogen (secondary N) is 1. The van der Waals surface area contributed by atoms with Crippen LogP contribution in [0.25, 0.3) is 0 Å². The Kier molecular flexibility index (Phi) is 6.68. The zero-order valence-electron chi connectivity index (χ0n) is 13.5. The molecule has 0 radical (unpaired) electrons. The SMILES string of the molecule is CNC(c1ccccc1)C(C)CN(CCO)C1CCCC1. The van der Waals surface area contributed by atoms with Crippen LogP contribution in [0.3, 0.4) is 0 Å². The number of aliphatic hydroxyl groups is 1. The molecular formula is C18H30N2O. The van der Waals surface area contributed by atoms with E-state index in [1.165, 1.54) is 31.2 Å². The van der Waals surface area contributed by atoms with E-state index in [2.05, 4.69) is 47.5 Å². The van der Waals surface area contributed by atoms with Crippen molar-refractivity contribution in [3.05, 3.63) is 35.9 Å². The van der Waals surface area contributed by atoms with Gasteiger partial charge in [-0.25, -0.2) is 0 Å². The number of aliphatic hydroxyl groups excluding tert-OH is 1. The second-order valence-corrected chi connectivity index (χ2v) is 6.31. The minimum atomic E-state index is 0.263. The molecule has 1 aromatic carbocycles. The zero-order chi connectivity index (χ0) is 15.1. The van der Waals surface area contributed by atoms with Crippen molar-refractivity contribution in [3.8, 4) is 0 Å². The lowest BCUT2D eigenvalue weighted by atomic mass is 9.93. The second kappa shape index (κ2) is 8.52. The van der Waals surface area contributed by atoms with E-state index in [1.807, 2.05) is 7.05 Å². The third-order valence-electron chi connectivity index (χ3n) is 4.79. The molecule has 0 aromatic heterocycles. The van der Waals surface area contributed by atoms with Crippen LogP contribution < -0.4 is 5.32 Å². The fraction of sp³-hybridized carbons (Fsp3) is 0.667. The van der Waals surface area contributed by atoms with Crippen LogP contribution in [0.2, 0.25) is 0 Å². The van der Waals surface area contributed by atoms with Gasteiger partial charge in [0.15, 0.2) is 0 Å². The largest absolute Gasteiger partial charge is 0.395 e. The molecule has 0 bridgehead atoms. The third kappa shape index (κ3) is 4.53.